The third-order valence-corrected chi connectivity index (χ3v) is 5.78. The Bertz CT molecular complexity index is 686. The Morgan fingerprint density at radius 3 is 2.67 bits per heavy atom. The minimum Gasteiger partial charge on any atom is -0.444 e. The van der Waals surface area contributed by atoms with Crippen LogP contribution in [-0.2, 0) is 9.53 Å². The summed E-state index contributed by atoms with van der Waals surface area (Å²) in [6, 6.07) is 3.75. The summed E-state index contributed by atoms with van der Waals surface area (Å²) < 4.78 is 5.55. The number of nitrogens with zero attached hydrogens (tertiary/aromatic N) is 2. The zero-order valence-corrected chi connectivity index (χ0v) is 16.8. The lowest BCUT2D eigenvalue weighted by atomic mass is 9.67. The van der Waals surface area contributed by atoms with E-state index in [1.807, 2.05) is 39.8 Å². The van der Waals surface area contributed by atoms with Crippen LogP contribution in [0.3, 0.4) is 0 Å². The number of hydrogen-bond donors (Lipinski definition) is 1. The molecule has 0 bridgehead atoms. The molecular formula is C21H31N3O3. The molecular weight excluding hydrogens is 342 g/mol. The van der Waals surface area contributed by atoms with Crippen molar-refractivity contribution in [1.29, 1.82) is 0 Å². The predicted octanol–water partition coefficient (Wildman–Crippen LogP) is 3.69. The molecule has 27 heavy (non-hydrogen) atoms. The topological polar surface area (TPSA) is 71.5 Å². The number of hydrogen-bond acceptors (Lipinski definition) is 4. The highest BCUT2D eigenvalue weighted by molar-refractivity contribution is 5.85. The molecule has 2 aliphatic rings. The van der Waals surface area contributed by atoms with Gasteiger partial charge in [0, 0.05) is 25.5 Å². The normalized spacial score (nSPS) is 26.2. The number of aromatic nitrogens is 1. The highest BCUT2D eigenvalue weighted by Gasteiger charge is 2.54. The van der Waals surface area contributed by atoms with E-state index in [0.29, 0.717) is 13.1 Å². The van der Waals surface area contributed by atoms with Crippen LogP contribution in [-0.4, -0.2) is 40.6 Å². The Labute approximate surface area is 161 Å². The van der Waals surface area contributed by atoms with Crippen LogP contribution in [0.15, 0.2) is 24.5 Å². The number of amides is 2. The molecule has 6 heteroatoms. The molecule has 0 spiro atoms. The third-order valence-electron chi connectivity index (χ3n) is 5.78. The van der Waals surface area contributed by atoms with Crippen LogP contribution in [0.2, 0.25) is 0 Å². The minimum absolute atomic E-state index is 0.0579. The first kappa shape index (κ1) is 19.6. The average molecular weight is 373 g/mol. The number of carbonyl (C=O) groups excluding carboxylic acids is 2. The quantitative estimate of drug-likeness (QED) is 0.877. The highest BCUT2D eigenvalue weighted by Crippen LogP contribution is 2.47. The Morgan fingerprint density at radius 1 is 1.30 bits per heavy atom. The lowest BCUT2D eigenvalue weighted by Gasteiger charge is -2.37. The van der Waals surface area contributed by atoms with Gasteiger partial charge in [0.1, 0.15) is 5.60 Å². The average Bonchev–Trinajstić information content (AvgIpc) is 3.02. The fraction of sp³-hybridized carbons (Fsp3) is 0.667. The van der Waals surface area contributed by atoms with Crippen molar-refractivity contribution in [1.82, 2.24) is 15.2 Å². The van der Waals surface area contributed by atoms with Gasteiger partial charge in [-0.3, -0.25) is 9.78 Å². The second-order valence-corrected chi connectivity index (χ2v) is 8.94. The molecule has 1 unspecified atom stereocenters. The van der Waals surface area contributed by atoms with Crippen LogP contribution < -0.4 is 5.32 Å². The first-order valence-corrected chi connectivity index (χ1v) is 9.90. The molecule has 2 heterocycles. The van der Waals surface area contributed by atoms with Crippen LogP contribution in [0, 0.1) is 11.3 Å². The second-order valence-electron chi connectivity index (χ2n) is 8.94. The van der Waals surface area contributed by atoms with Gasteiger partial charge in [0.05, 0.1) is 11.5 Å². The van der Waals surface area contributed by atoms with Crippen molar-refractivity contribution in [3.05, 3.63) is 30.1 Å². The smallest absolute Gasteiger partial charge is 0.410 e. The van der Waals surface area contributed by atoms with Gasteiger partial charge in [-0.2, -0.15) is 0 Å². The van der Waals surface area contributed by atoms with Gasteiger partial charge in [-0.15, -0.1) is 0 Å². The summed E-state index contributed by atoms with van der Waals surface area (Å²) in [7, 11) is 0. The molecule has 1 aliphatic carbocycles. The number of nitrogens with one attached hydrogen (secondary N) is 1. The lowest BCUT2D eigenvalue weighted by Crippen LogP contribution is -2.48. The first-order chi connectivity index (χ1) is 12.7. The first-order valence-electron chi connectivity index (χ1n) is 9.90. The molecule has 0 radical (unpaired) electrons. The summed E-state index contributed by atoms with van der Waals surface area (Å²) in [6.07, 6.45) is 7.10. The van der Waals surface area contributed by atoms with Gasteiger partial charge in [-0.25, -0.2) is 4.79 Å². The van der Waals surface area contributed by atoms with E-state index in [1.54, 1.807) is 17.3 Å². The van der Waals surface area contributed by atoms with Crippen molar-refractivity contribution in [2.24, 2.45) is 11.3 Å². The highest BCUT2D eigenvalue weighted by atomic mass is 16.6. The van der Waals surface area contributed by atoms with Crippen molar-refractivity contribution in [2.75, 3.05) is 13.1 Å². The standard InChI is InChI=1S/C21H31N3O3/c1-15(16-8-11-22-12-9-16)23-18(25)21-10-6-5-7-17(21)13-24(14-21)19(26)27-20(2,3)4/h8-9,11-12,15,17H,5-7,10,13-14H2,1-4H3,(H,23,25)/t15?,17-,21+/m0/s1. The number of pyridine rings is 1. The molecule has 1 saturated carbocycles. The fourth-order valence-electron chi connectivity index (χ4n) is 4.37. The van der Waals surface area contributed by atoms with Crippen molar-refractivity contribution >= 4 is 12.0 Å². The van der Waals surface area contributed by atoms with E-state index in [9.17, 15) is 9.59 Å². The Hall–Kier alpha value is -2.11. The van der Waals surface area contributed by atoms with E-state index in [1.165, 1.54) is 0 Å². The molecule has 0 aromatic carbocycles. The zero-order chi connectivity index (χ0) is 19.7. The lowest BCUT2D eigenvalue weighted by molar-refractivity contribution is -0.135. The monoisotopic (exact) mass is 373 g/mol. The largest absolute Gasteiger partial charge is 0.444 e. The SMILES string of the molecule is CC(NC(=O)[C@@]12CCCC[C@H]1CN(C(=O)OC(C)(C)C)C2)c1ccncc1. The van der Waals surface area contributed by atoms with E-state index in [4.69, 9.17) is 4.74 Å². The number of carbonyl (C=O) groups is 2. The van der Waals surface area contributed by atoms with Crippen LogP contribution in [0.1, 0.15) is 65.0 Å². The number of likely N-dealkylation sites (tertiary alicyclic amines) is 1. The number of rotatable bonds is 3. The van der Waals surface area contributed by atoms with E-state index in [0.717, 1.165) is 31.2 Å². The van der Waals surface area contributed by atoms with Crippen molar-refractivity contribution in [2.45, 2.75) is 65.0 Å². The maximum Gasteiger partial charge on any atom is 0.410 e. The Kier molecular flexibility index (Phi) is 5.45. The van der Waals surface area contributed by atoms with Crippen LogP contribution in [0.4, 0.5) is 4.79 Å². The summed E-state index contributed by atoms with van der Waals surface area (Å²) >= 11 is 0. The maximum absolute atomic E-state index is 13.3. The van der Waals surface area contributed by atoms with Crippen LogP contribution in [0.25, 0.3) is 0 Å². The van der Waals surface area contributed by atoms with Crippen molar-refractivity contribution in [3.8, 4) is 0 Å². The summed E-state index contributed by atoms with van der Waals surface area (Å²) in [5, 5.41) is 3.19. The molecule has 2 fully saturated rings. The summed E-state index contributed by atoms with van der Waals surface area (Å²) in [5.74, 6) is 0.256. The molecule has 148 valence electrons. The molecule has 3 atom stereocenters. The van der Waals surface area contributed by atoms with Gasteiger partial charge >= 0.3 is 6.09 Å². The molecule has 1 N–H and O–H groups in total. The third kappa shape index (κ3) is 4.25. The van der Waals surface area contributed by atoms with E-state index >= 15 is 0 Å². The van der Waals surface area contributed by atoms with E-state index in [2.05, 4.69) is 10.3 Å². The van der Waals surface area contributed by atoms with Crippen LogP contribution >= 0.6 is 0 Å². The Morgan fingerprint density at radius 2 is 2.00 bits per heavy atom. The molecule has 2 amide bonds. The summed E-state index contributed by atoms with van der Waals surface area (Å²) in [5.41, 5.74) is -0.00357. The van der Waals surface area contributed by atoms with Crippen molar-refractivity contribution < 1.29 is 14.3 Å². The van der Waals surface area contributed by atoms with Gasteiger partial charge in [-0.05, 0) is 64.2 Å². The van der Waals surface area contributed by atoms with Gasteiger partial charge in [-0.1, -0.05) is 12.8 Å². The molecule has 3 rings (SSSR count). The van der Waals surface area contributed by atoms with Gasteiger partial charge in [0.25, 0.3) is 0 Å². The molecule has 1 aliphatic heterocycles. The summed E-state index contributed by atoms with van der Waals surface area (Å²) in [6.45, 7) is 8.64. The maximum atomic E-state index is 13.3. The fourth-order valence-corrected chi connectivity index (χ4v) is 4.37. The number of fused-ring (bicyclic) bond motifs is 1. The van der Waals surface area contributed by atoms with Crippen molar-refractivity contribution in [3.63, 3.8) is 0 Å². The molecule has 1 saturated heterocycles. The zero-order valence-electron chi connectivity index (χ0n) is 16.8. The second kappa shape index (κ2) is 7.49. The van der Waals surface area contributed by atoms with Gasteiger partial charge < -0.3 is 15.0 Å². The predicted molar refractivity (Wildman–Crippen MR) is 103 cm³/mol. The Balaban J connectivity index is 1.74. The summed E-state index contributed by atoms with van der Waals surface area (Å²) in [4.78, 5) is 31.7. The van der Waals surface area contributed by atoms with Gasteiger partial charge in [0.15, 0.2) is 0 Å². The minimum atomic E-state index is -0.532. The van der Waals surface area contributed by atoms with E-state index < -0.39 is 11.0 Å². The van der Waals surface area contributed by atoms with E-state index in [-0.39, 0.29) is 24.0 Å². The number of ether oxygens (including phenoxy) is 1. The van der Waals surface area contributed by atoms with Crippen LogP contribution in [0.5, 0.6) is 0 Å². The molecule has 6 nitrogen and oxygen atoms in total. The van der Waals surface area contributed by atoms with Gasteiger partial charge in [0.2, 0.25) is 5.91 Å². The molecule has 1 aromatic rings. The molecule has 1 aromatic heterocycles.